The normalized spacial score (nSPS) is 13.1. The first-order valence-corrected chi connectivity index (χ1v) is 9.99. The van der Waals surface area contributed by atoms with Gasteiger partial charge in [-0.1, -0.05) is 48.5 Å². The lowest BCUT2D eigenvalue weighted by Gasteiger charge is -2.23. The summed E-state index contributed by atoms with van der Waals surface area (Å²) in [6.07, 6.45) is -1.37. The molecule has 8 heteroatoms. The molecule has 0 aromatic heterocycles. The molecule has 1 atom stereocenters. The lowest BCUT2D eigenvalue weighted by molar-refractivity contribution is -0.142. The Morgan fingerprint density at radius 1 is 1.06 bits per heavy atom. The van der Waals surface area contributed by atoms with Gasteiger partial charge in [0.25, 0.3) is 0 Å². The first kappa shape index (κ1) is 22.3. The zero-order valence-electron chi connectivity index (χ0n) is 17.5. The molecule has 0 saturated heterocycles. The molecule has 0 fully saturated rings. The van der Waals surface area contributed by atoms with Gasteiger partial charge in [-0.05, 0) is 22.3 Å². The fourth-order valence-corrected chi connectivity index (χ4v) is 3.76. The number of carboxylic acid groups (broad SMARTS) is 1. The van der Waals surface area contributed by atoms with Gasteiger partial charge in [0.1, 0.15) is 12.6 Å². The highest BCUT2D eigenvalue weighted by atomic mass is 16.5. The number of ether oxygens (including phenoxy) is 2. The Labute approximate surface area is 180 Å². The van der Waals surface area contributed by atoms with Crippen LogP contribution in [-0.4, -0.2) is 67.9 Å². The van der Waals surface area contributed by atoms with Crippen LogP contribution in [0.5, 0.6) is 0 Å². The Bertz CT molecular complexity index is 915. The first-order valence-electron chi connectivity index (χ1n) is 9.99. The van der Waals surface area contributed by atoms with Crippen molar-refractivity contribution in [2.24, 2.45) is 0 Å². The Morgan fingerprint density at radius 2 is 1.65 bits per heavy atom. The summed E-state index contributed by atoms with van der Waals surface area (Å²) < 4.78 is 10.4. The number of alkyl carbamates (subject to hydrolysis) is 1. The Balaban J connectivity index is 1.66. The number of hydrogen-bond acceptors (Lipinski definition) is 5. The van der Waals surface area contributed by atoms with Crippen molar-refractivity contribution in [1.29, 1.82) is 0 Å². The number of carbonyl (C=O) groups is 3. The van der Waals surface area contributed by atoms with Gasteiger partial charge in [0.2, 0.25) is 5.91 Å². The number of benzene rings is 2. The molecular weight excluding hydrogens is 400 g/mol. The molecule has 0 radical (unpaired) electrons. The molecule has 0 aliphatic heterocycles. The molecule has 0 saturated carbocycles. The van der Waals surface area contributed by atoms with Crippen LogP contribution in [0.25, 0.3) is 11.1 Å². The minimum atomic E-state index is -1.23. The quantitative estimate of drug-likeness (QED) is 0.638. The number of carbonyl (C=O) groups excluding carboxylic acids is 2. The number of amides is 2. The van der Waals surface area contributed by atoms with Gasteiger partial charge < -0.3 is 24.8 Å². The van der Waals surface area contributed by atoms with Crippen molar-refractivity contribution in [3.63, 3.8) is 0 Å². The third-order valence-corrected chi connectivity index (χ3v) is 5.32. The standard InChI is InChI=1S/C23H26N2O6/c1-25(11-12-30-2)22(28)20(13-21(26)27)24-23(29)31-14-19-17-9-5-3-7-15(17)16-8-4-6-10-18(16)19/h3-10,19-20H,11-14H2,1-2H3,(H,24,29)(H,26,27). The molecule has 1 aliphatic carbocycles. The SMILES string of the molecule is COCCN(C)C(=O)C(CC(=O)O)NC(=O)OCC1c2ccccc2-c2ccccc21. The van der Waals surface area contributed by atoms with Crippen molar-refractivity contribution in [3.05, 3.63) is 59.7 Å². The highest BCUT2D eigenvalue weighted by Crippen LogP contribution is 2.44. The minimum absolute atomic E-state index is 0.0767. The third-order valence-electron chi connectivity index (χ3n) is 5.32. The highest BCUT2D eigenvalue weighted by Gasteiger charge is 2.31. The van der Waals surface area contributed by atoms with E-state index in [4.69, 9.17) is 14.6 Å². The lowest BCUT2D eigenvalue weighted by Crippen LogP contribution is -2.49. The van der Waals surface area contributed by atoms with Crippen LogP contribution in [0.3, 0.4) is 0 Å². The Kier molecular flexibility index (Phi) is 7.25. The van der Waals surface area contributed by atoms with E-state index in [0.717, 1.165) is 22.3 Å². The summed E-state index contributed by atoms with van der Waals surface area (Å²) in [4.78, 5) is 37.5. The number of nitrogens with one attached hydrogen (secondary N) is 1. The molecule has 3 rings (SSSR count). The molecule has 31 heavy (non-hydrogen) atoms. The van der Waals surface area contributed by atoms with Crippen LogP contribution < -0.4 is 5.32 Å². The topological polar surface area (TPSA) is 105 Å². The summed E-state index contributed by atoms with van der Waals surface area (Å²) in [5.41, 5.74) is 4.33. The monoisotopic (exact) mass is 426 g/mol. The predicted octanol–water partition coefficient (Wildman–Crippen LogP) is 2.47. The average molecular weight is 426 g/mol. The Hall–Kier alpha value is -3.39. The van der Waals surface area contributed by atoms with Crippen molar-refractivity contribution in [3.8, 4) is 11.1 Å². The molecule has 164 valence electrons. The molecule has 8 nitrogen and oxygen atoms in total. The first-order chi connectivity index (χ1) is 14.9. The van der Waals surface area contributed by atoms with Crippen LogP contribution in [-0.2, 0) is 19.1 Å². The molecule has 2 aromatic rings. The van der Waals surface area contributed by atoms with Crippen molar-refractivity contribution in [2.45, 2.75) is 18.4 Å². The van der Waals surface area contributed by atoms with Gasteiger partial charge in [0.15, 0.2) is 0 Å². The summed E-state index contributed by atoms with van der Waals surface area (Å²) in [6.45, 7) is 0.651. The maximum atomic E-state index is 12.5. The summed E-state index contributed by atoms with van der Waals surface area (Å²) in [5.74, 6) is -1.85. The van der Waals surface area contributed by atoms with Crippen molar-refractivity contribution >= 4 is 18.0 Å². The number of carboxylic acids is 1. The second-order valence-corrected chi connectivity index (χ2v) is 7.37. The maximum Gasteiger partial charge on any atom is 0.407 e. The molecule has 2 N–H and O–H groups in total. The largest absolute Gasteiger partial charge is 0.481 e. The number of likely N-dealkylation sites (N-methyl/N-ethyl adjacent to an activating group) is 1. The molecule has 0 heterocycles. The van der Waals surface area contributed by atoms with Crippen LogP contribution in [0, 0.1) is 0 Å². The second-order valence-electron chi connectivity index (χ2n) is 7.37. The zero-order valence-corrected chi connectivity index (χ0v) is 17.5. The van der Waals surface area contributed by atoms with E-state index < -0.39 is 30.4 Å². The molecule has 0 spiro atoms. The lowest BCUT2D eigenvalue weighted by atomic mass is 9.98. The molecular formula is C23H26N2O6. The number of fused-ring (bicyclic) bond motifs is 3. The highest BCUT2D eigenvalue weighted by molar-refractivity contribution is 5.89. The van der Waals surface area contributed by atoms with E-state index in [0.29, 0.717) is 6.61 Å². The molecule has 1 unspecified atom stereocenters. The Morgan fingerprint density at radius 3 is 2.19 bits per heavy atom. The number of rotatable bonds is 9. The maximum absolute atomic E-state index is 12.5. The summed E-state index contributed by atoms with van der Waals surface area (Å²) in [6, 6.07) is 14.7. The van der Waals surface area contributed by atoms with Gasteiger partial charge in [-0.2, -0.15) is 0 Å². The number of hydrogen-bond donors (Lipinski definition) is 2. The number of aliphatic carboxylic acids is 1. The van der Waals surface area contributed by atoms with Crippen LogP contribution in [0.1, 0.15) is 23.5 Å². The van der Waals surface area contributed by atoms with E-state index in [1.165, 1.54) is 19.1 Å². The van der Waals surface area contributed by atoms with E-state index in [9.17, 15) is 14.4 Å². The van der Waals surface area contributed by atoms with Gasteiger partial charge in [-0.3, -0.25) is 9.59 Å². The molecule has 1 aliphatic rings. The van der Waals surface area contributed by atoms with Gasteiger partial charge in [-0.25, -0.2) is 4.79 Å². The average Bonchev–Trinajstić information content (AvgIpc) is 3.08. The molecule has 2 aromatic carbocycles. The van der Waals surface area contributed by atoms with Crippen molar-refractivity contribution in [1.82, 2.24) is 10.2 Å². The zero-order chi connectivity index (χ0) is 22.4. The second kappa shape index (κ2) is 10.1. The number of nitrogens with zero attached hydrogens (tertiary/aromatic N) is 1. The summed E-state index contributed by atoms with van der Waals surface area (Å²) >= 11 is 0. The van der Waals surface area contributed by atoms with Gasteiger partial charge in [0.05, 0.1) is 13.0 Å². The van der Waals surface area contributed by atoms with Gasteiger partial charge in [0, 0.05) is 26.6 Å². The van der Waals surface area contributed by atoms with Crippen LogP contribution in [0.15, 0.2) is 48.5 Å². The van der Waals surface area contributed by atoms with Crippen LogP contribution in [0.2, 0.25) is 0 Å². The predicted molar refractivity (Wildman–Crippen MR) is 114 cm³/mol. The molecule has 0 bridgehead atoms. The van der Waals surface area contributed by atoms with Gasteiger partial charge in [-0.15, -0.1) is 0 Å². The fourth-order valence-electron chi connectivity index (χ4n) is 3.76. The van der Waals surface area contributed by atoms with Crippen LogP contribution in [0.4, 0.5) is 4.79 Å². The van der Waals surface area contributed by atoms with Gasteiger partial charge >= 0.3 is 12.1 Å². The number of methoxy groups -OCH3 is 1. The fraction of sp³-hybridized carbons (Fsp3) is 0.348. The van der Waals surface area contributed by atoms with Crippen molar-refractivity contribution in [2.75, 3.05) is 33.9 Å². The minimum Gasteiger partial charge on any atom is -0.481 e. The van der Waals surface area contributed by atoms with E-state index in [-0.39, 0.29) is 19.1 Å². The summed E-state index contributed by atoms with van der Waals surface area (Å²) in [7, 11) is 3.03. The van der Waals surface area contributed by atoms with E-state index in [1.54, 1.807) is 0 Å². The summed E-state index contributed by atoms with van der Waals surface area (Å²) in [5, 5.41) is 11.5. The van der Waals surface area contributed by atoms with Crippen LogP contribution >= 0.6 is 0 Å². The van der Waals surface area contributed by atoms with E-state index in [2.05, 4.69) is 5.32 Å². The third kappa shape index (κ3) is 5.21. The van der Waals surface area contributed by atoms with E-state index in [1.807, 2.05) is 48.5 Å². The molecule has 2 amide bonds. The van der Waals surface area contributed by atoms with E-state index >= 15 is 0 Å². The smallest absolute Gasteiger partial charge is 0.407 e. The van der Waals surface area contributed by atoms with Crippen molar-refractivity contribution < 1.29 is 29.0 Å².